The van der Waals surface area contributed by atoms with Gasteiger partial charge in [0.15, 0.2) is 13.2 Å². The van der Waals surface area contributed by atoms with E-state index in [0.717, 1.165) is 24.6 Å². The molecule has 1 atom stereocenters. The number of aromatic nitrogens is 2. The monoisotopic (exact) mass is 608 g/mol. The number of aryl methyl sites for hydroxylation is 1. The number of nitrogens with zero attached hydrogens (tertiary/aromatic N) is 6. The van der Waals surface area contributed by atoms with Gasteiger partial charge >= 0.3 is 6.18 Å². The predicted octanol–water partition coefficient (Wildman–Crippen LogP) is 7.22. The number of hydrogen-bond donors (Lipinski definition) is 0. The van der Waals surface area contributed by atoms with E-state index in [4.69, 9.17) is 19.6 Å². The normalized spacial score (nSPS) is 21.0. The predicted molar refractivity (Wildman–Crippen MR) is 158 cm³/mol. The van der Waals surface area contributed by atoms with Gasteiger partial charge in [-0.3, -0.25) is 0 Å². The van der Waals surface area contributed by atoms with E-state index in [1.807, 2.05) is 37.3 Å². The highest BCUT2D eigenvalue weighted by molar-refractivity contribution is 7.70. The molecule has 1 aromatic heterocycles. The van der Waals surface area contributed by atoms with Crippen LogP contribution in [0.4, 0.5) is 29.1 Å². The van der Waals surface area contributed by atoms with Gasteiger partial charge in [0.05, 0.1) is 46.7 Å². The first-order chi connectivity index (χ1) is 20.8. The molecule has 3 heterocycles. The van der Waals surface area contributed by atoms with Gasteiger partial charge in [-0.15, -0.1) is 0 Å². The van der Waals surface area contributed by atoms with Crippen molar-refractivity contribution in [3.63, 3.8) is 0 Å². The molecule has 222 valence electrons. The molecule has 2 fully saturated rings. The lowest BCUT2D eigenvalue weighted by Crippen LogP contribution is -2.48. The van der Waals surface area contributed by atoms with Gasteiger partial charge in [0, 0.05) is 19.1 Å². The molecular formula is C31H29F4N6OP. The van der Waals surface area contributed by atoms with Crippen LogP contribution in [0, 0.1) is 12.7 Å². The van der Waals surface area contributed by atoms with Crippen LogP contribution in [-0.2, 0) is 10.9 Å². The van der Waals surface area contributed by atoms with Crippen LogP contribution >= 0.6 is 7.36 Å². The highest BCUT2D eigenvalue weighted by Gasteiger charge is 2.52. The fraction of sp³-hybridized carbons (Fsp3) is 0.290. The third kappa shape index (κ3) is 4.80. The largest absolute Gasteiger partial charge is 0.418 e. The van der Waals surface area contributed by atoms with Gasteiger partial charge in [0.25, 0.3) is 0 Å². The molecule has 1 saturated heterocycles. The highest BCUT2D eigenvalue weighted by atomic mass is 31.2. The van der Waals surface area contributed by atoms with Crippen LogP contribution < -0.4 is 5.30 Å². The number of benzene rings is 3. The Morgan fingerprint density at radius 1 is 0.907 bits per heavy atom. The number of ether oxygens (including phenoxy) is 1. The highest BCUT2D eigenvalue weighted by Crippen LogP contribution is 2.66. The second kappa shape index (κ2) is 10.7. The summed E-state index contributed by atoms with van der Waals surface area (Å²) in [6.07, 6.45) is -3.04. The fourth-order valence-corrected chi connectivity index (χ4v) is 10.2. The molecule has 1 saturated carbocycles. The van der Waals surface area contributed by atoms with Crippen molar-refractivity contribution in [2.45, 2.75) is 32.0 Å². The summed E-state index contributed by atoms with van der Waals surface area (Å²) >= 11 is 0. The zero-order valence-electron chi connectivity index (χ0n) is 23.4. The molecular weight excluding hydrogens is 579 g/mol. The Hall–Kier alpha value is -3.79. The SMILES string of the molecule is Cc1nn(-c2ccccc2)c2c1[P@](=Nc1ccccc1C(F)(F)F)(N1CCOCC1)N(C1CC1)C(c1ccccc1F)=N2. The van der Waals surface area contributed by atoms with Crippen LogP contribution in [0.5, 0.6) is 0 Å². The molecule has 2 aliphatic heterocycles. The third-order valence-electron chi connectivity index (χ3n) is 7.88. The van der Waals surface area contributed by atoms with Crippen LogP contribution in [-0.4, -0.2) is 57.3 Å². The van der Waals surface area contributed by atoms with E-state index in [9.17, 15) is 13.2 Å². The van der Waals surface area contributed by atoms with Gasteiger partial charge < -0.3 is 9.41 Å². The summed E-state index contributed by atoms with van der Waals surface area (Å²) in [5, 5.41) is 5.59. The van der Waals surface area contributed by atoms with Crippen molar-refractivity contribution in [1.82, 2.24) is 19.1 Å². The van der Waals surface area contributed by atoms with Crippen LogP contribution in [0.1, 0.15) is 29.7 Å². The summed E-state index contributed by atoms with van der Waals surface area (Å²) < 4.78 is 75.9. The van der Waals surface area contributed by atoms with Gasteiger partial charge in [-0.1, -0.05) is 42.5 Å². The topological polar surface area (TPSA) is 58.3 Å². The number of alkyl halides is 3. The molecule has 1 aliphatic carbocycles. The maximum Gasteiger partial charge on any atom is 0.418 e. The van der Waals surface area contributed by atoms with E-state index < -0.39 is 24.9 Å². The van der Waals surface area contributed by atoms with Crippen molar-refractivity contribution in [2.75, 3.05) is 26.3 Å². The van der Waals surface area contributed by atoms with E-state index in [1.54, 1.807) is 28.9 Å². The zero-order valence-corrected chi connectivity index (χ0v) is 24.3. The molecule has 7 rings (SSSR count). The molecule has 43 heavy (non-hydrogen) atoms. The molecule has 3 aromatic carbocycles. The summed E-state index contributed by atoms with van der Waals surface area (Å²) in [6, 6.07) is 21.2. The van der Waals surface area contributed by atoms with Crippen LogP contribution in [0.3, 0.4) is 0 Å². The third-order valence-corrected chi connectivity index (χ3v) is 11.8. The molecule has 7 nitrogen and oxygen atoms in total. The van der Waals surface area contributed by atoms with Crippen molar-refractivity contribution in [3.8, 4) is 5.69 Å². The first-order valence-corrected chi connectivity index (χ1v) is 15.8. The number of hydrogen-bond acceptors (Lipinski definition) is 4. The van der Waals surface area contributed by atoms with Crippen molar-refractivity contribution in [1.29, 1.82) is 0 Å². The first-order valence-electron chi connectivity index (χ1n) is 14.2. The van der Waals surface area contributed by atoms with Crippen molar-refractivity contribution >= 4 is 30.0 Å². The summed E-state index contributed by atoms with van der Waals surface area (Å²) in [5.74, 6) is 0.346. The summed E-state index contributed by atoms with van der Waals surface area (Å²) in [7, 11) is -3.33. The molecule has 0 N–H and O–H groups in total. The summed E-state index contributed by atoms with van der Waals surface area (Å²) in [5.41, 5.74) is 0.652. The lowest BCUT2D eigenvalue weighted by molar-refractivity contribution is -0.137. The van der Waals surface area contributed by atoms with E-state index in [0.29, 0.717) is 49.0 Å². The summed E-state index contributed by atoms with van der Waals surface area (Å²) in [4.78, 5) is 5.11. The number of fused-ring (bicyclic) bond motifs is 1. The lowest BCUT2D eigenvalue weighted by Gasteiger charge is -2.48. The lowest BCUT2D eigenvalue weighted by atomic mass is 10.2. The Balaban J connectivity index is 1.63. The number of morpholine rings is 1. The summed E-state index contributed by atoms with van der Waals surface area (Å²) in [6.45, 7) is 3.52. The van der Waals surface area contributed by atoms with Crippen LogP contribution in [0.25, 0.3) is 5.69 Å². The fourth-order valence-electron chi connectivity index (χ4n) is 5.87. The first kappa shape index (κ1) is 28.0. The number of para-hydroxylation sites is 1. The number of amidine groups is 1. The standard InChI is InChI=1S/C31H29F4N6OP/c1-21-28-30(40(37-21)22-9-3-2-4-10-22)36-29(24-11-5-7-13-26(24)32)41(23-15-16-23)43(28,39-17-19-42-20-18-39)38-27-14-8-6-12-25(27)31(33,34)35/h2-14,23H,15-20H2,1H3/t43-/m0/s1. The second-order valence-corrected chi connectivity index (χ2v) is 13.5. The van der Waals surface area contributed by atoms with Gasteiger partial charge in [-0.2, -0.15) is 18.3 Å². The smallest absolute Gasteiger partial charge is 0.379 e. The maximum absolute atomic E-state index is 15.6. The Bertz CT molecular complexity index is 1760. The Kier molecular flexibility index (Phi) is 6.99. The average molecular weight is 609 g/mol. The zero-order chi connectivity index (χ0) is 29.8. The van der Waals surface area contributed by atoms with Gasteiger partial charge in [0.1, 0.15) is 11.7 Å². The van der Waals surface area contributed by atoms with E-state index in [-0.39, 0.29) is 17.3 Å². The van der Waals surface area contributed by atoms with E-state index in [2.05, 4.69) is 9.34 Å². The van der Waals surface area contributed by atoms with Crippen LogP contribution in [0.2, 0.25) is 0 Å². The molecule has 0 spiro atoms. The molecule has 3 aliphatic rings. The van der Waals surface area contributed by atoms with Crippen molar-refractivity contribution in [2.24, 2.45) is 9.74 Å². The minimum atomic E-state index is -4.62. The Morgan fingerprint density at radius 3 is 2.28 bits per heavy atom. The van der Waals surface area contributed by atoms with Crippen molar-refractivity contribution in [3.05, 3.63) is 102 Å². The molecule has 0 amide bonds. The number of rotatable bonds is 5. The van der Waals surface area contributed by atoms with Crippen molar-refractivity contribution < 1.29 is 22.3 Å². The van der Waals surface area contributed by atoms with Gasteiger partial charge in [-0.05, 0) is 56.2 Å². The number of halogens is 4. The molecule has 12 heteroatoms. The quantitative estimate of drug-likeness (QED) is 0.178. The van der Waals surface area contributed by atoms with Gasteiger partial charge in [-0.25, -0.2) is 23.5 Å². The number of aliphatic imine (C=N–C) groups is 1. The molecule has 4 aromatic rings. The molecule has 0 bridgehead atoms. The Labute approximate surface area is 246 Å². The Morgan fingerprint density at radius 2 is 1.58 bits per heavy atom. The molecule has 0 radical (unpaired) electrons. The van der Waals surface area contributed by atoms with E-state index >= 15 is 4.39 Å². The van der Waals surface area contributed by atoms with E-state index in [1.165, 1.54) is 18.2 Å². The minimum absolute atomic E-state index is 0.0797. The second-order valence-electron chi connectivity index (χ2n) is 10.7. The van der Waals surface area contributed by atoms with Gasteiger partial charge in [0.2, 0.25) is 0 Å². The minimum Gasteiger partial charge on any atom is -0.379 e. The van der Waals surface area contributed by atoms with Crippen LogP contribution in [0.15, 0.2) is 88.6 Å². The maximum atomic E-state index is 15.6. The molecule has 0 unspecified atom stereocenters. The average Bonchev–Trinajstić information content (AvgIpc) is 3.79.